The number of nitrogens with one attached hydrogen (secondary N) is 3. The first kappa shape index (κ1) is 29.3. The molecular weight excluding hydrogens is 508 g/mol. The van der Waals surface area contributed by atoms with E-state index in [4.69, 9.17) is 28.5 Å². The van der Waals surface area contributed by atoms with Crippen LogP contribution in [0.1, 0.15) is 45.4 Å². The number of aromatic amines is 1. The lowest BCUT2D eigenvalue weighted by molar-refractivity contribution is -0.112. The zero-order valence-corrected chi connectivity index (χ0v) is 23.9. The topological polar surface area (TPSA) is 124 Å². The molecule has 0 spiro atoms. The fourth-order valence-corrected chi connectivity index (χ4v) is 4.68. The number of amides is 1. The Hall–Kier alpha value is -4.23. The lowest BCUT2D eigenvalue weighted by atomic mass is 9.96. The Bertz CT molecular complexity index is 1510. The number of carbonyl (C=O) groups excluding carboxylic acids is 1. The fraction of sp³-hybridized carbons (Fsp3) is 0.226. The van der Waals surface area contributed by atoms with E-state index in [1.165, 1.54) is 6.21 Å². The first-order valence-corrected chi connectivity index (χ1v) is 13.2. The molecule has 3 rings (SSSR count). The van der Waals surface area contributed by atoms with E-state index in [9.17, 15) is 4.79 Å². The summed E-state index contributed by atoms with van der Waals surface area (Å²) in [5.74, 6) is -0.638. The molecule has 7 nitrogen and oxygen atoms in total. The van der Waals surface area contributed by atoms with Crippen molar-refractivity contribution in [2.75, 3.05) is 23.0 Å². The summed E-state index contributed by atoms with van der Waals surface area (Å²) in [5.41, 5.74) is 18.9. The minimum atomic E-state index is -0.638. The van der Waals surface area contributed by atoms with Gasteiger partial charge in [-0.15, -0.1) is 0 Å². The predicted molar refractivity (Wildman–Crippen MR) is 168 cm³/mol. The highest BCUT2D eigenvalue weighted by Crippen LogP contribution is 2.40. The predicted octanol–water partition coefficient (Wildman–Crippen LogP) is 7.02. The zero-order chi connectivity index (χ0) is 28.9. The first-order chi connectivity index (χ1) is 18.6. The van der Waals surface area contributed by atoms with Gasteiger partial charge in [-0.1, -0.05) is 55.5 Å². The number of likely N-dealkylation sites (N-methyl/N-ethyl adjacent to an activating group) is 1. The summed E-state index contributed by atoms with van der Waals surface area (Å²) in [6.45, 7) is 12.2. The van der Waals surface area contributed by atoms with Crippen LogP contribution in [0.15, 0.2) is 78.0 Å². The van der Waals surface area contributed by atoms with E-state index in [0.717, 1.165) is 39.9 Å². The lowest BCUT2D eigenvalue weighted by Crippen LogP contribution is -2.33. The molecular formula is C31H37ClN6O. The van der Waals surface area contributed by atoms with Gasteiger partial charge in [0.15, 0.2) is 0 Å². The van der Waals surface area contributed by atoms with Gasteiger partial charge in [0.05, 0.1) is 33.7 Å². The monoisotopic (exact) mass is 544 g/mol. The van der Waals surface area contributed by atoms with Crippen LogP contribution in [0.5, 0.6) is 0 Å². The summed E-state index contributed by atoms with van der Waals surface area (Å²) in [7, 11) is 1.94. The molecule has 0 radical (unpaired) electrons. The molecule has 0 aliphatic carbocycles. The number of hydrogen-bond donors (Lipinski definition) is 5. The van der Waals surface area contributed by atoms with Crippen molar-refractivity contribution >= 4 is 57.3 Å². The van der Waals surface area contributed by atoms with Gasteiger partial charge in [0, 0.05) is 41.1 Å². The molecule has 1 atom stereocenters. The highest BCUT2D eigenvalue weighted by molar-refractivity contribution is 6.33. The molecule has 0 saturated carbocycles. The Labute approximate surface area is 235 Å². The Morgan fingerprint density at radius 1 is 1.28 bits per heavy atom. The van der Waals surface area contributed by atoms with Gasteiger partial charge in [-0.25, -0.2) is 0 Å². The second-order valence-corrected chi connectivity index (χ2v) is 9.78. The third-order valence-corrected chi connectivity index (χ3v) is 7.32. The Morgan fingerprint density at radius 2 is 1.97 bits per heavy atom. The van der Waals surface area contributed by atoms with Crippen LogP contribution in [-0.2, 0) is 4.79 Å². The summed E-state index contributed by atoms with van der Waals surface area (Å²) in [5, 5.41) is 13.0. The second-order valence-electron chi connectivity index (χ2n) is 9.38. The number of allylic oxidation sites excluding steroid dienone is 4. The average Bonchev–Trinajstić information content (AvgIpc) is 3.31. The minimum Gasteiger partial charge on any atom is -0.398 e. The molecule has 204 valence electrons. The fourth-order valence-electron chi connectivity index (χ4n) is 4.50. The van der Waals surface area contributed by atoms with Crippen LogP contribution in [0.25, 0.3) is 16.5 Å². The summed E-state index contributed by atoms with van der Waals surface area (Å²) < 4.78 is 0. The van der Waals surface area contributed by atoms with Crippen molar-refractivity contribution in [3.05, 3.63) is 94.3 Å². The number of nitrogens with two attached hydrogens (primary N) is 2. The molecule has 0 aliphatic heterocycles. The molecule has 7 N–H and O–H groups in total. The normalized spacial score (nSPS) is 13.3. The van der Waals surface area contributed by atoms with Gasteiger partial charge in [-0.2, -0.15) is 0 Å². The zero-order valence-electron chi connectivity index (χ0n) is 23.2. The summed E-state index contributed by atoms with van der Waals surface area (Å²) in [6.07, 6.45) is 8.09. The number of primary amides is 1. The molecule has 0 bridgehead atoms. The van der Waals surface area contributed by atoms with E-state index in [1.54, 1.807) is 6.07 Å². The SMILES string of the molecule is C=C(C(N)=O)c1[nH]c2ccc(N)c(C=N)c2c1N(C)C(C)C(=C/C=C\C)/C(Nc1ccccc1Cl)=C(\C)CC. The number of halogens is 1. The van der Waals surface area contributed by atoms with Crippen molar-refractivity contribution in [2.24, 2.45) is 5.73 Å². The lowest BCUT2D eigenvalue weighted by Gasteiger charge is -2.32. The van der Waals surface area contributed by atoms with Crippen molar-refractivity contribution in [3.8, 4) is 0 Å². The Morgan fingerprint density at radius 3 is 2.56 bits per heavy atom. The number of para-hydroxylation sites is 1. The van der Waals surface area contributed by atoms with E-state index in [2.05, 4.69) is 48.6 Å². The van der Waals surface area contributed by atoms with Crippen LogP contribution < -0.4 is 21.7 Å². The Balaban J connectivity index is 2.28. The number of anilines is 3. The number of H-pyrrole nitrogens is 1. The standard InChI is InChI=1S/C31H37ClN6O/c1-7-9-12-21(28(18(3)8-2)36-25-14-11-10-13-23(25)32)20(5)38(6)30-27-22(17-33)24(34)15-16-26(27)37-29(30)19(4)31(35)39/h7,9-17,20,33,36-37H,4,8,34H2,1-3,5-6H3,(H2,35,39)/b9-7-,21-12-,28-18-,33-17?. The van der Waals surface area contributed by atoms with E-state index < -0.39 is 5.91 Å². The van der Waals surface area contributed by atoms with Crippen molar-refractivity contribution in [1.82, 2.24) is 4.98 Å². The van der Waals surface area contributed by atoms with E-state index in [-0.39, 0.29) is 11.6 Å². The first-order valence-electron chi connectivity index (χ1n) is 12.8. The summed E-state index contributed by atoms with van der Waals surface area (Å²) in [6, 6.07) is 11.0. The highest BCUT2D eigenvalue weighted by Gasteiger charge is 2.28. The van der Waals surface area contributed by atoms with Gasteiger partial charge in [0.25, 0.3) is 0 Å². The number of nitrogen functional groups attached to an aromatic ring is 1. The molecule has 0 aliphatic rings. The third-order valence-electron chi connectivity index (χ3n) is 6.99. The number of hydrogen-bond acceptors (Lipinski definition) is 5. The number of fused-ring (bicyclic) bond motifs is 1. The number of rotatable bonds is 11. The van der Waals surface area contributed by atoms with E-state index >= 15 is 0 Å². The smallest absolute Gasteiger partial charge is 0.250 e. The van der Waals surface area contributed by atoms with Crippen LogP contribution >= 0.6 is 11.6 Å². The second kappa shape index (κ2) is 12.5. The average molecular weight is 545 g/mol. The van der Waals surface area contributed by atoms with E-state index in [1.807, 2.05) is 56.5 Å². The van der Waals surface area contributed by atoms with E-state index in [0.29, 0.717) is 27.7 Å². The van der Waals surface area contributed by atoms with Crippen molar-refractivity contribution in [1.29, 1.82) is 5.41 Å². The highest BCUT2D eigenvalue weighted by atomic mass is 35.5. The molecule has 1 aromatic heterocycles. The maximum Gasteiger partial charge on any atom is 0.250 e. The Kier molecular flexibility index (Phi) is 9.43. The van der Waals surface area contributed by atoms with Crippen LogP contribution in [0.2, 0.25) is 5.02 Å². The molecule has 1 amide bonds. The summed E-state index contributed by atoms with van der Waals surface area (Å²) >= 11 is 6.53. The van der Waals surface area contributed by atoms with Gasteiger partial charge in [-0.3, -0.25) is 4.79 Å². The van der Waals surface area contributed by atoms with Crippen molar-refractivity contribution in [3.63, 3.8) is 0 Å². The molecule has 2 aromatic carbocycles. The largest absolute Gasteiger partial charge is 0.398 e. The van der Waals surface area contributed by atoms with Crippen LogP contribution in [-0.4, -0.2) is 30.2 Å². The summed E-state index contributed by atoms with van der Waals surface area (Å²) in [4.78, 5) is 17.6. The van der Waals surface area contributed by atoms with Gasteiger partial charge in [0.2, 0.25) is 5.91 Å². The van der Waals surface area contributed by atoms with Crippen molar-refractivity contribution < 1.29 is 4.79 Å². The number of carbonyl (C=O) groups is 1. The van der Waals surface area contributed by atoms with Gasteiger partial charge in [0.1, 0.15) is 0 Å². The number of aromatic nitrogens is 1. The number of nitrogens with zero attached hydrogens (tertiary/aromatic N) is 1. The molecule has 39 heavy (non-hydrogen) atoms. The quantitative estimate of drug-likeness (QED) is 0.0769. The van der Waals surface area contributed by atoms with Crippen LogP contribution in [0.3, 0.4) is 0 Å². The van der Waals surface area contributed by atoms with Crippen LogP contribution in [0, 0.1) is 5.41 Å². The molecule has 1 heterocycles. The van der Waals surface area contributed by atoms with Gasteiger partial charge in [-0.05, 0) is 62.6 Å². The maximum absolute atomic E-state index is 12.3. The molecule has 0 saturated heterocycles. The maximum atomic E-state index is 12.3. The molecule has 3 aromatic rings. The number of benzene rings is 2. The van der Waals surface area contributed by atoms with Crippen LogP contribution in [0.4, 0.5) is 17.1 Å². The minimum absolute atomic E-state index is 0.142. The molecule has 1 unspecified atom stereocenters. The third kappa shape index (κ3) is 5.94. The molecule has 8 heteroatoms. The van der Waals surface area contributed by atoms with Crippen molar-refractivity contribution in [2.45, 2.75) is 40.2 Å². The van der Waals surface area contributed by atoms with Gasteiger partial charge >= 0.3 is 0 Å². The molecule has 0 fully saturated rings. The van der Waals surface area contributed by atoms with Gasteiger partial charge < -0.3 is 32.1 Å².